The number of hydrogen-bond donors (Lipinski definition) is 1. The minimum absolute atomic E-state index is 0.108. The molecule has 0 heterocycles. The van der Waals surface area contributed by atoms with Crippen molar-refractivity contribution in [2.24, 2.45) is 20.5 Å². The third kappa shape index (κ3) is 3.76. The zero-order chi connectivity index (χ0) is 21.0. The maximum atomic E-state index is 10.6. The van der Waals surface area contributed by atoms with Gasteiger partial charge < -0.3 is 5.11 Å². The molecule has 0 radical (unpaired) electrons. The summed E-state index contributed by atoms with van der Waals surface area (Å²) >= 11 is 0. The molecule has 5 aromatic rings. The molecule has 0 aliphatic rings. The van der Waals surface area contributed by atoms with Crippen molar-refractivity contribution in [3.63, 3.8) is 0 Å². The van der Waals surface area contributed by atoms with Gasteiger partial charge in [-0.2, -0.15) is 0 Å². The van der Waals surface area contributed by atoms with Crippen LogP contribution in [0.3, 0.4) is 0 Å². The van der Waals surface area contributed by atoms with E-state index < -0.39 is 0 Å². The third-order valence-corrected chi connectivity index (χ3v) is 5.06. The summed E-state index contributed by atoms with van der Waals surface area (Å²) in [5.74, 6) is 0.108. The quantitative estimate of drug-likeness (QED) is 0.301. The smallest absolute Gasteiger partial charge is 0.150 e. The van der Waals surface area contributed by atoms with Crippen molar-refractivity contribution in [2.75, 3.05) is 0 Å². The van der Waals surface area contributed by atoms with Crippen LogP contribution < -0.4 is 0 Å². The molecule has 0 atom stereocenters. The molecule has 0 aliphatic carbocycles. The van der Waals surface area contributed by atoms with Crippen molar-refractivity contribution in [1.82, 2.24) is 0 Å². The highest BCUT2D eigenvalue weighted by molar-refractivity contribution is 5.93. The summed E-state index contributed by atoms with van der Waals surface area (Å²) in [6.07, 6.45) is 0. The Balaban J connectivity index is 1.49. The van der Waals surface area contributed by atoms with Gasteiger partial charge in [-0.15, -0.1) is 20.5 Å². The van der Waals surface area contributed by atoms with Crippen LogP contribution in [-0.4, -0.2) is 5.11 Å². The van der Waals surface area contributed by atoms with Gasteiger partial charge in [-0.25, -0.2) is 0 Å². The number of phenolic OH excluding ortho intramolecular Hbond substituents is 1. The van der Waals surface area contributed by atoms with Gasteiger partial charge in [-0.1, -0.05) is 78.9 Å². The van der Waals surface area contributed by atoms with E-state index in [9.17, 15) is 5.11 Å². The van der Waals surface area contributed by atoms with Gasteiger partial charge >= 0.3 is 0 Å². The molecule has 0 aromatic heterocycles. The predicted octanol–water partition coefficient (Wildman–Crippen LogP) is 8.53. The second-order valence-corrected chi connectivity index (χ2v) is 7.04. The number of phenols is 1. The molecule has 0 saturated carbocycles. The van der Waals surface area contributed by atoms with Gasteiger partial charge in [0.15, 0.2) is 5.75 Å². The van der Waals surface area contributed by atoms with Crippen molar-refractivity contribution in [2.45, 2.75) is 0 Å². The molecule has 0 fully saturated rings. The van der Waals surface area contributed by atoms with Gasteiger partial charge in [0.2, 0.25) is 0 Å². The fourth-order valence-electron chi connectivity index (χ4n) is 3.47. The Kier molecular flexibility index (Phi) is 4.91. The maximum absolute atomic E-state index is 10.6. The molecule has 0 bridgehead atoms. The van der Waals surface area contributed by atoms with Gasteiger partial charge in [0, 0.05) is 10.8 Å². The van der Waals surface area contributed by atoms with Crippen LogP contribution in [0.25, 0.3) is 21.5 Å². The van der Waals surface area contributed by atoms with E-state index in [0.29, 0.717) is 17.1 Å². The molecule has 0 aliphatic heterocycles. The molecule has 1 N–H and O–H groups in total. The van der Waals surface area contributed by atoms with E-state index in [1.165, 1.54) is 0 Å². The zero-order valence-electron chi connectivity index (χ0n) is 16.6. The second-order valence-electron chi connectivity index (χ2n) is 7.04. The topological polar surface area (TPSA) is 69.7 Å². The standard InChI is InChI=1S/C26H18N4O/c31-26-21-12-4-2-9-19(21)16-17-25(26)30-29-24-14-6-5-13-23(24)28-27-22-15-7-10-18-8-1-3-11-20(18)22/h1-17,31H/b28-27+,30-29+. The lowest BCUT2D eigenvalue weighted by Gasteiger charge is -2.04. The van der Waals surface area contributed by atoms with Gasteiger partial charge in [0.05, 0.1) is 5.69 Å². The van der Waals surface area contributed by atoms with Crippen LogP contribution in [0.1, 0.15) is 0 Å². The highest BCUT2D eigenvalue weighted by Gasteiger charge is 2.06. The molecule has 0 amide bonds. The molecule has 148 valence electrons. The minimum Gasteiger partial charge on any atom is -0.505 e. The summed E-state index contributed by atoms with van der Waals surface area (Å²) in [6, 6.07) is 32.7. The third-order valence-electron chi connectivity index (χ3n) is 5.06. The fraction of sp³-hybridized carbons (Fsp3) is 0. The minimum atomic E-state index is 0.108. The molecule has 31 heavy (non-hydrogen) atoms. The van der Waals surface area contributed by atoms with Gasteiger partial charge in [0.1, 0.15) is 17.1 Å². The molecule has 5 heteroatoms. The highest BCUT2D eigenvalue weighted by atomic mass is 16.3. The van der Waals surface area contributed by atoms with E-state index >= 15 is 0 Å². The Hall–Kier alpha value is -4.38. The fourth-order valence-corrected chi connectivity index (χ4v) is 3.47. The number of azo groups is 2. The largest absolute Gasteiger partial charge is 0.505 e. The number of aromatic hydroxyl groups is 1. The Bertz CT molecular complexity index is 1450. The molecule has 0 saturated heterocycles. The van der Waals surface area contributed by atoms with Crippen LogP contribution in [0.5, 0.6) is 5.75 Å². The molecule has 0 unspecified atom stereocenters. The van der Waals surface area contributed by atoms with Gasteiger partial charge in [-0.3, -0.25) is 0 Å². The summed E-state index contributed by atoms with van der Waals surface area (Å²) in [6.45, 7) is 0. The Morgan fingerprint density at radius 1 is 0.387 bits per heavy atom. The summed E-state index contributed by atoms with van der Waals surface area (Å²) in [5.41, 5.74) is 2.36. The highest BCUT2D eigenvalue weighted by Crippen LogP contribution is 2.37. The van der Waals surface area contributed by atoms with Crippen molar-refractivity contribution < 1.29 is 5.11 Å². The van der Waals surface area contributed by atoms with E-state index in [1.54, 1.807) is 6.07 Å². The van der Waals surface area contributed by atoms with Gasteiger partial charge in [0.25, 0.3) is 0 Å². The molecular formula is C26H18N4O. The number of nitrogens with zero attached hydrogens (tertiary/aromatic N) is 4. The Morgan fingerprint density at radius 2 is 0.871 bits per heavy atom. The number of hydrogen-bond acceptors (Lipinski definition) is 5. The first kappa shape index (κ1) is 18.6. The lowest BCUT2D eigenvalue weighted by atomic mass is 10.1. The summed E-state index contributed by atoms with van der Waals surface area (Å²) in [5, 5.41) is 31.9. The molecule has 5 rings (SSSR count). The first-order valence-corrected chi connectivity index (χ1v) is 9.90. The first-order valence-electron chi connectivity index (χ1n) is 9.90. The van der Waals surface area contributed by atoms with Crippen molar-refractivity contribution >= 4 is 44.3 Å². The normalized spacial score (nSPS) is 11.7. The van der Waals surface area contributed by atoms with Crippen LogP contribution in [0.4, 0.5) is 22.7 Å². The molecular weight excluding hydrogens is 384 g/mol. The van der Waals surface area contributed by atoms with Gasteiger partial charge in [-0.05, 0) is 35.0 Å². The van der Waals surface area contributed by atoms with Crippen LogP contribution in [0.15, 0.2) is 124 Å². The average Bonchev–Trinajstić information content (AvgIpc) is 2.83. The van der Waals surface area contributed by atoms with E-state index in [1.807, 2.05) is 97.1 Å². The van der Waals surface area contributed by atoms with Crippen LogP contribution in [-0.2, 0) is 0 Å². The van der Waals surface area contributed by atoms with E-state index in [4.69, 9.17) is 0 Å². The molecule has 0 spiro atoms. The van der Waals surface area contributed by atoms with Crippen LogP contribution in [0.2, 0.25) is 0 Å². The first-order chi connectivity index (χ1) is 15.3. The SMILES string of the molecule is Oc1c(/N=N/c2ccccc2/N=N/c2cccc3ccccc23)ccc2ccccc12. The van der Waals surface area contributed by atoms with Crippen molar-refractivity contribution in [1.29, 1.82) is 0 Å². The van der Waals surface area contributed by atoms with E-state index in [2.05, 4.69) is 20.5 Å². The summed E-state index contributed by atoms with van der Waals surface area (Å²) in [4.78, 5) is 0. The zero-order valence-corrected chi connectivity index (χ0v) is 16.6. The second kappa shape index (κ2) is 8.16. The number of fused-ring (bicyclic) bond motifs is 2. The van der Waals surface area contributed by atoms with Crippen LogP contribution in [0, 0.1) is 0 Å². The lowest BCUT2D eigenvalue weighted by molar-refractivity contribution is 0.482. The average molecular weight is 402 g/mol. The predicted molar refractivity (Wildman–Crippen MR) is 124 cm³/mol. The van der Waals surface area contributed by atoms with E-state index in [0.717, 1.165) is 27.2 Å². The van der Waals surface area contributed by atoms with E-state index in [-0.39, 0.29) is 5.75 Å². The summed E-state index contributed by atoms with van der Waals surface area (Å²) < 4.78 is 0. The monoisotopic (exact) mass is 402 g/mol. The van der Waals surface area contributed by atoms with Crippen LogP contribution >= 0.6 is 0 Å². The number of rotatable bonds is 4. The lowest BCUT2D eigenvalue weighted by Crippen LogP contribution is -1.75. The molecule has 5 aromatic carbocycles. The summed E-state index contributed by atoms with van der Waals surface area (Å²) in [7, 11) is 0. The molecule has 5 nitrogen and oxygen atoms in total. The maximum Gasteiger partial charge on any atom is 0.150 e. The Labute approximate surface area is 179 Å². The van der Waals surface area contributed by atoms with Crippen molar-refractivity contribution in [3.8, 4) is 5.75 Å². The number of benzene rings is 5. The van der Waals surface area contributed by atoms with Crippen molar-refractivity contribution in [3.05, 3.63) is 103 Å². The Morgan fingerprint density at radius 3 is 1.61 bits per heavy atom.